The molecule has 0 unspecified atom stereocenters. The third-order valence-corrected chi connectivity index (χ3v) is 5.26. The van der Waals surface area contributed by atoms with Crippen molar-refractivity contribution in [1.29, 1.82) is 0 Å². The van der Waals surface area contributed by atoms with Gasteiger partial charge in [-0.1, -0.05) is 11.8 Å². The van der Waals surface area contributed by atoms with Crippen LogP contribution in [-0.4, -0.2) is 27.2 Å². The van der Waals surface area contributed by atoms with Crippen LogP contribution < -0.4 is 4.74 Å². The van der Waals surface area contributed by atoms with E-state index in [4.69, 9.17) is 9.15 Å². The summed E-state index contributed by atoms with van der Waals surface area (Å²) in [6.07, 6.45) is 0. The number of ether oxygens (including phenoxy) is 1. The normalized spacial score (nSPS) is 10.8. The Morgan fingerprint density at radius 2 is 2.16 bits per heavy atom. The van der Waals surface area contributed by atoms with E-state index in [1.165, 1.54) is 42.3 Å². The molecule has 1 aromatic carbocycles. The maximum Gasteiger partial charge on any atom is 0.277 e. The Hall–Kier alpha value is -2.46. The summed E-state index contributed by atoms with van der Waals surface area (Å²) in [5.74, 6) is 1.41. The van der Waals surface area contributed by atoms with E-state index in [2.05, 4.69) is 15.2 Å². The largest absolute Gasteiger partial charge is 0.496 e. The van der Waals surface area contributed by atoms with Gasteiger partial charge in [0.25, 0.3) is 16.8 Å². The molecule has 0 radical (unpaired) electrons. The van der Waals surface area contributed by atoms with Gasteiger partial charge in [-0.2, -0.15) is 0 Å². The number of hydrogen-bond acceptors (Lipinski definition) is 9. The van der Waals surface area contributed by atoms with Crippen LogP contribution in [0.5, 0.6) is 5.75 Å². The van der Waals surface area contributed by atoms with Gasteiger partial charge in [0, 0.05) is 23.4 Å². The van der Waals surface area contributed by atoms with E-state index >= 15 is 0 Å². The van der Waals surface area contributed by atoms with Gasteiger partial charge < -0.3 is 9.15 Å². The van der Waals surface area contributed by atoms with Crippen molar-refractivity contribution in [2.75, 3.05) is 7.11 Å². The fraction of sp³-hybridized carbons (Fsp3) is 0.267. The summed E-state index contributed by atoms with van der Waals surface area (Å²) >= 11 is 2.79. The Labute approximate surface area is 151 Å². The first-order valence-electron chi connectivity index (χ1n) is 7.20. The van der Waals surface area contributed by atoms with Crippen LogP contribution in [0.2, 0.25) is 0 Å². The number of thiazole rings is 1. The van der Waals surface area contributed by atoms with E-state index in [-0.39, 0.29) is 5.69 Å². The van der Waals surface area contributed by atoms with Crippen molar-refractivity contribution < 1.29 is 14.1 Å². The highest BCUT2D eigenvalue weighted by atomic mass is 32.2. The first kappa shape index (κ1) is 17.4. The average molecular weight is 378 g/mol. The summed E-state index contributed by atoms with van der Waals surface area (Å²) in [6.45, 7) is 3.81. The SMILES string of the molecule is COc1ccc([N+](=O)[O-])cc1CSc1nnc(-c2sc(C)nc2C)o1. The molecule has 2 heterocycles. The number of methoxy groups -OCH3 is 1. The number of rotatable bonds is 6. The molecular formula is C15H14N4O4S2. The second-order valence-corrected chi connectivity index (χ2v) is 7.19. The zero-order chi connectivity index (χ0) is 18.0. The third kappa shape index (κ3) is 3.80. The minimum absolute atomic E-state index is 0.0124. The quantitative estimate of drug-likeness (QED) is 0.360. The van der Waals surface area contributed by atoms with Crippen LogP contribution in [0.3, 0.4) is 0 Å². The summed E-state index contributed by atoms with van der Waals surface area (Å²) in [5.41, 5.74) is 1.55. The summed E-state index contributed by atoms with van der Waals surface area (Å²) in [6, 6.07) is 4.48. The molecule has 0 saturated heterocycles. The molecule has 0 saturated carbocycles. The number of non-ortho nitro benzene ring substituents is 1. The van der Waals surface area contributed by atoms with Gasteiger partial charge in [-0.3, -0.25) is 10.1 Å². The van der Waals surface area contributed by atoms with Gasteiger partial charge >= 0.3 is 0 Å². The molecule has 0 bridgehead atoms. The molecule has 25 heavy (non-hydrogen) atoms. The second kappa shape index (κ2) is 7.19. The van der Waals surface area contributed by atoms with Gasteiger partial charge in [0.15, 0.2) is 0 Å². The van der Waals surface area contributed by atoms with Gasteiger partial charge in [0.05, 0.1) is 22.7 Å². The molecule has 3 rings (SSSR count). The Morgan fingerprint density at radius 3 is 2.80 bits per heavy atom. The van der Waals surface area contributed by atoms with Crippen LogP contribution >= 0.6 is 23.1 Å². The maximum absolute atomic E-state index is 10.9. The number of hydrogen-bond donors (Lipinski definition) is 0. The zero-order valence-corrected chi connectivity index (χ0v) is 15.3. The number of nitrogens with zero attached hydrogens (tertiary/aromatic N) is 4. The van der Waals surface area contributed by atoms with Gasteiger partial charge in [-0.15, -0.1) is 21.5 Å². The monoisotopic (exact) mass is 378 g/mol. The molecule has 2 aromatic heterocycles. The maximum atomic E-state index is 10.9. The average Bonchev–Trinajstić information content (AvgIpc) is 3.18. The zero-order valence-electron chi connectivity index (χ0n) is 13.7. The number of benzene rings is 1. The van der Waals surface area contributed by atoms with Gasteiger partial charge in [-0.25, -0.2) is 4.98 Å². The van der Waals surface area contributed by atoms with Gasteiger partial charge in [0.2, 0.25) is 0 Å². The van der Waals surface area contributed by atoms with Crippen molar-refractivity contribution in [2.45, 2.75) is 24.8 Å². The molecule has 0 aliphatic carbocycles. The molecule has 0 atom stereocenters. The number of nitro benzene ring substituents is 1. The van der Waals surface area contributed by atoms with Crippen LogP contribution in [0.4, 0.5) is 5.69 Å². The van der Waals surface area contributed by atoms with Gasteiger partial charge in [-0.05, 0) is 19.9 Å². The molecule has 8 nitrogen and oxygen atoms in total. The van der Waals surface area contributed by atoms with Crippen molar-refractivity contribution in [1.82, 2.24) is 15.2 Å². The van der Waals surface area contributed by atoms with Crippen molar-refractivity contribution >= 4 is 28.8 Å². The number of thioether (sulfide) groups is 1. The lowest BCUT2D eigenvalue weighted by Gasteiger charge is -2.06. The first-order chi connectivity index (χ1) is 12.0. The minimum Gasteiger partial charge on any atom is -0.496 e. The Kier molecular flexibility index (Phi) is 5.00. The van der Waals surface area contributed by atoms with E-state index in [1.807, 2.05) is 13.8 Å². The Balaban J connectivity index is 1.77. The molecule has 0 aliphatic rings. The highest BCUT2D eigenvalue weighted by molar-refractivity contribution is 7.98. The third-order valence-electron chi connectivity index (χ3n) is 3.33. The van der Waals surface area contributed by atoms with Crippen LogP contribution in [-0.2, 0) is 5.75 Å². The molecule has 130 valence electrons. The fourth-order valence-electron chi connectivity index (χ4n) is 2.22. The van der Waals surface area contributed by atoms with E-state index in [0.29, 0.717) is 28.2 Å². The van der Waals surface area contributed by atoms with Crippen molar-refractivity contribution in [2.24, 2.45) is 0 Å². The molecule has 0 N–H and O–H groups in total. The molecular weight excluding hydrogens is 364 g/mol. The molecule has 0 fully saturated rings. The van der Waals surface area contributed by atoms with Crippen LogP contribution in [0, 0.1) is 24.0 Å². The summed E-state index contributed by atoms with van der Waals surface area (Å²) in [5, 5.41) is 20.3. The summed E-state index contributed by atoms with van der Waals surface area (Å²) in [4.78, 5) is 15.7. The lowest BCUT2D eigenvalue weighted by molar-refractivity contribution is -0.384. The number of aryl methyl sites for hydroxylation is 2. The fourth-order valence-corrected chi connectivity index (χ4v) is 3.80. The van der Waals surface area contributed by atoms with Gasteiger partial charge in [0.1, 0.15) is 10.6 Å². The standard InChI is InChI=1S/C15H14N4O4S2/c1-8-13(25-9(2)16-8)14-17-18-15(23-14)24-7-10-6-11(19(20)21)4-5-12(10)22-3/h4-6H,7H2,1-3H3. The topological polar surface area (TPSA) is 104 Å². The lowest BCUT2D eigenvalue weighted by Crippen LogP contribution is -1.94. The van der Waals surface area contributed by atoms with E-state index in [9.17, 15) is 10.1 Å². The van der Waals surface area contributed by atoms with E-state index in [1.54, 1.807) is 6.07 Å². The van der Waals surface area contributed by atoms with E-state index in [0.717, 1.165) is 15.6 Å². The lowest BCUT2D eigenvalue weighted by atomic mass is 10.2. The second-order valence-electron chi connectivity index (χ2n) is 5.06. The predicted molar refractivity (Wildman–Crippen MR) is 94.1 cm³/mol. The molecule has 0 spiro atoms. The minimum atomic E-state index is -0.437. The van der Waals surface area contributed by atoms with Crippen molar-refractivity contribution in [3.8, 4) is 16.5 Å². The van der Waals surface area contributed by atoms with Crippen molar-refractivity contribution in [3.63, 3.8) is 0 Å². The molecule has 0 amide bonds. The van der Waals surface area contributed by atoms with Crippen LogP contribution in [0.25, 0.3) is 10.8 Å². The highest BCUT2D eigenvalue weighted by Gasteiger charge is 2.17. The molecule has 0 aliphatic heterocycles. The predicted octanol–water partition coefficient (Wildman–Crippen LogP) is 4.02. The Bertz CT molecular complexity index is 922. The smallest absolute Gasteiger partial charge is 0.277 e. The highest BCUT2D eigenvalue weighted by Crippen LogP contribution is 2.33. The van der Waals surface area contributed by atoms with Crippen LogP contribution in [0.1, 0.15) is 16.3 Å². The summed E-state index contributed by atoms with van der Waals surface area (Å²) in [7, 11) is 1.52. The number of aromatic nitrogens is 3. The van der Waals surface area contributed by atoms with Crippen molar-refractivity contribution in [3.05, 3.63) is 44.6 Å². The van der Waals surface area contributed by atoms with Crippen LogP contribution in [0.15, 0.2) is 27.8 Å². The molecule has 10 heteroatoms. The van der Waals surface area contributed by atoms with E-state index < -0.39 is 4.92 Å². The Morgan fingerprint density at radius 1 is 1.36 bits per heavy atom. The number of nitro groups is 1. The summed E-state index contributed by atoms with van der Waals surface area (Å²) < 4.78 is 10.9. The first-order valence-corrected chi connectivity index (χ1v) is 9.00. The molecule has 3 aromatic rings.